The van der Waals surface area contributed by atoms with Gasteiger partial charge in [0.25, 0.3) is 0 Å². The Kier molecular flexibility index (Phi) is 2.67. The predicted octanol–water partition coefficient (Wildman–Crippen LogP) is 1.63. The largest absolute Gasteiger partial charge is 0.504 e. The first-order chi connectivity index (χ1) is 6.16. The van der Waals surface area contributed by atoms with Crippen molar-refractivity contribution < 1.29 is 14.6 Å². The maximum absolute atomic E-state index is 10.8. The molecule has 1 aromatic heterocycles. The van der Waals surface area contributed by atoms with E-state index in [-0.39, 0.29) is 29.5 Å². The molecule has 1 heterocycles. The molecule has 0 spiro atoms. The normalized spacial score (nSPS) is 9.71. The second-order valence-electron chi connectivity index (χ2n) is 2.63. The van der Waals surface area contributed by atoms with Crippen molar-refractivity contribution >= 4 is 23.4 Å². The summed E-state index contributed by atoms with van der Waals surface area (Å²) in [7, 11) is 0. The van der Waals surface area contributed by atoms with Crippen molar-refractivity contribution in [2.45, 2.75) is 0 Å². The Labute approximate surface area is 84.8 Å². The van der Waals surface area contributed by atoms with Crippen molar-refractivity contribution in [1.82, 2.24) is 0 Å². The Morgan fingerprint density at radius 3 is 2.43 bits per heavy atom. The molecule has 2 rings (SSSR count). The van der Waals surface area contributed by atoms with Crippen molar-refractivity contribution in [3.63, 3.8) is 0 Å². The molecule has 0 atom stereocenters. The van der Waals surface area contributed by atoms with Crippen LogP contribution in [0.1, 0.15) is 0 Å². The maximum Gasteiger partial charge on any atom is 0.336 e. The maximum atomic E-state index is 10.8. The molecule has 0 aliphatic rings. The highest BCUT2D eigenvalue weighted by atomic mass is 35.5. The van der Waals surface area contributed by atoms with Gasteiger partial charge in [-0.25, -0.2) is 4.79 Å². The second-order valence-corrected chi connectivity index (χ2v) is 2.63. The topological polar surface area (TPSA) is 70.7 Å². The van der Waals surface area contributed by atoms with Gasteiger partial charge in [0, 0.05) is 17.5 Å². The zero-order valence-electron chi connectivity index (χ0n) is 6.93. The molecule has 2 aromatic rings. The summed E-state index contributed by atoms with van der Waals surface area (Å²) in [6.45, 7) is 0. The third kappa shape index (κ3) is 1.65. The Morgan fingerprint density at radius 2 is 1.71 bits per heavy atom. The fraction of sp³-hybridized carbons (Fsp3) is 0. The van der Waals surface area contributed by atoms with Gasteiger partial charge in [0.2, 0.25) is 0 Å². The van der Waals surface area contributed by atoms with Crippen LogP contribution in [0.4, 0.5) is 0 Å². The Bertz CT molecular complexity index is 518. The van der Waals surface area contributed by atoms with Gasteiger partial charge in [-0.1, -0.05) is 0 Å². The van der Waals surface area contributed by atoms with Gasteiger partial charge in [0.1, 0.15) is 5.58 Å². The molecule has 0 fully saturated rings. The number of aromatic hydroxyl groups is 2. The molecular weight excluding hydrogens is 208 g/mol. The van der Waals surface area contributed by atoms with Crippen molar-refractivity contribution in [1.29, 1.82) is 0 Å². The average Bonchev–Trinajstić information content (AvgIpc) is 2.08. The van der Waals surface area contributed by atoms with Crippen LogP contribution in [0.3, 0.4) is 0 Å². The molecule has 0 aliphatic carbocycles. The highest BCUT2D eigenvalue weighted by Gasteiger charge is 2.03. The van der Waals surface area contributed by atoms with Gasteiger partial charge in [0.15, 0.2) is 11.5 Å². The van der Waals surface area contributed by atoms with E-state index < -0.39 is 5.63 Å². The van der Waals surface area contributed by atoms with E-state index in [0.29, 0.717) is 5.39 Å². The van der Waals surface area contributed by atoms with Gasteiger partial charge in [0.05, 0.1) is 0 Å². The van der Waals surface area contributed by atoms with Crippen molar-refractivity contribution in [2.24, 2.45) is 0 Å². The lowest BCUT2D eigenvalue weighted by molar-refractivity contribution is 0.403. The molecule has 0 saturated carbocycles. The summed E-state index contributed by atoms with van der Waals surface area (Å²) >= 11 is 0. The van der Waals surface area contributed by atoms with Crippen molar-refractivity contribution in [3.8, 4) is 11.5 Å². The lowest BCUT2D eigenvalue weighted by Crippen LogP contribution is -1.93. The van der Waals surface area contributed by atoms with Gasteiger partial charge >= 0.3 is 5.63 Å². The zero-order valence-corrected chi connectivity index (χ0v) is 7.75. The SMILES string of the molecule is Cl.O=c1ccc2cc(O)c(O)cc2o1. The first-order valence-electron chi connectivity index (χ1n) is 3.62. The average molecular weight is 215 g/mol. The molecule has 0 unspecified atom stereocenters. The Hall–Kier alpha value is -1.68. The Balaban J connectivity index is 0.000000980. The second kappa shape index (κ2) is 3.59. The lowest BCUT2D eigenvalue weighted by Gasteiger charge is -1.98. The minimum atomic E-state index is -0.488. The Morgan fingerprint density at radius 1 is 1.07 bits per heavy atom. The molecule has 2 N–H and O–H groups in total. The predicted molar refractivity (Wildman–Crippen MR) is 53.1 cm³/mol. The number of hydrogen-bond donors (Lipinski definition) is 2. The van der Waals surface area contributed by atoms with Gasteiger partial charge in [-0.2, -0.15) is 0 Å². The van der Waals surface area contributed by atoms with Crippen molar-refractivity contribution in [2.75, 3.05) is 0 Å². The summed E-state index contributed by atoms with van der Waals surface area (Å²) < 4.78 is 4.77. The number of benzene rings is 1. The summed E-state index contributed by atoms with van der Waals surface area (Å²) in [6.07, 6.45) is 0. The number of phenols is 2. The molecule has 0 amide bonds. The van der Waals surface area contributed by atoms with Gasteiger partial charge in [-0.05, 0) is 12.1 Å². The standard InChI is InChI=1S/C9H6O4.ClH/c10-6-3-5-1-2-9(12)13-8(5)4-7(6)11;/h1-4,10-11H;1H. The molecule has 74 valence electrons. The van der Waals surface area contributed by atoms with E-state index in [1.165, 1.54) is 24.3 Å². The highest BCUT2D eigenvalue weighted by Crippen LogP contribution is 2.28. The van der Waals surface area contributed by atoms with E-state index in [2.05, 4.69) is 0 Å². The fourth-order valence-corrected chi connectivity index (χ4v) is 1.09. The third-order valence-corrected chi connectivity index (χ3v) is 1.72. The molecule has 14 heavy (non-hydrogen) atoms. The zero-order chi connectivity index (χ0) is 9.42. The van der Waals surface area contributed by atoms with Crippen LogP contribution in [0.15, 0.2) is 33.5 Å². The molecular formula is C9H7ClO4. The van der Waals surface area contributed by atoms with Crippen molar-refractivity contribution in [3.05, 3.63) is 34.7 Å². The number of hydrogen-bond acceptors (Lipinski definition) is 4. The minimum absolute atomic E-state index is 0. The van der Waals surface area contributed by atoms with E-state index in [4.69, 9.17) is 14.6 Å². The molecule has 5 heteroatoms. The molecule has 0 radical (unpaired) electrons. The quantitative estimate of drug-likeness (QED) is 0.517. The minimum Gasteiger partial charge on any atom is -0.504 e. The van der Waals surface area contributed by atoms with E-state index in [1.54, 1.807) is 0 Å². The summed E-state index contributed by atoms with van der Waals surface area (Å²) in [5.74, 6) is -0.539. The smallest absolute Gasteiger partial charge is 0.336 e. The molecule has 4 nitrogen and oxygen atoms in total. The first kappa shape index (κ1) is 10.4. The van der Waals surface area contributed by atoms with E-state index in [1.807, 2.05) is 0 Å². The summed E-state index contributed by atoms with van der Waals surface area (Å²) in [4.78, 5) is 10.8. The van der Waals surface area contributed by atoms with Crippen LogP contribution in [0.2, 0.25) is 0 Å². The first-order valence-corrected chi connectivity index (χ1v) is 3.62. The number of fused-ring (bicyclic) bond motifs is 1. The van der Waals surface area contributed by atoms with Crippen LogP contribution in [0.5, 0.6) is 11.5 Å². The molecule has 0 saturated heterocycles. The monoisotopic (exact) mass is 214 g/mol. The number of halogens is 1. The molecule has 1 aromatic carbocycles. The van der Waals surface area contributed by atoms with E-state index in [0.717, 1.165) is 0 Å². The van der Waals surface area contributed by atoms with Gasteiger partial charge in [-0.15, -0.1) is 12.4 Å². The molecule has 0 bridgehead atoms. The van der Waals surface area contributed by atoms with Crippen LogP contribution in [0.25, 0.3) is 11.0 Å². The lowest BCUT2D eigenvalue weighted by atomic mass is 10.2. The summed E-state index contributed by atoms with van der Waals surface area (Å²) in [5, 5.41) is 18.8. The highest BCUT2D eigenvalue weighted by molar-refractivity contribution is 5.85. The van der Waals surface area contributed by atoms with Gasteiger partial charge in [-0.3, -0.25) is 0 Å². The van der Waals surface area contributed by atoms with Crippen LogP contribution < -0.4 is 5.63 Å². The van der Waals surface area contributed by atoms with Crippen LogP contribution in [-0.2, 0) is 0 Å². The summed E-state index contributed by atoms with van der Waals surface area (Å²) in [6, 6.07) is 5.29. The van der Waals surface area contributed by atoms with E-state index >= 15 is 0 Å². The van der Waals surface area contributed by atoms with Gasteiger partial charge < -0.3 is 14.6 Å². The van der Waals surface area contributed by atoms with Crippen LogP contribution in [0, 0.1) is 0 Å². The number of phenolic OH excluding ortho intramolecular Hbond substituents is 2. The number of rotatable bonds is 0. The fourth-order valence-electron chi connectivity index (χ4n) is 1.09. The van der Waals surface area contributed by atoms with Crippen LogP contribution >= 0.6 is 12.4 Å². The van der Waals surface area contributed by atoms with Crippen LogP contribution in [-0.4, -0.2) is 10.2 Å². The molecule has 0 aliphatic heterocycles. The summed E-state index contributed by atoms with van der Waals surface area (Å²) in [5.41, 5.74) is -0.236. The third-order valence-electron chi connectivity index (χ3n) is 1.72. The van der Waals surface area contributed by atoms with E-state index in [9.17, 15) is 4.79 Å².